The number of hydrogen-bond acceptors (Lipinski definition) is 5. The van der Waals surface area contributed by atoms with E-state index in [2.05, 4.69) is 16.0 Å². The van der Waals surface area contributed by atoms with E-state index in [0.717, 1.165) is 16.7 Å². The third-order valence-electron chi connectivity index (χ3n) is 7.55. The van der Waals surface area contributed by atoms with Crippen LogP contribution in [0.15, 0.2) is 78.9 Å². The van der Waals surface area contributed by atoms with Crippen molar-refractivity contribution < 1.29 is 24.0 Å². The first-order chi connectivity index (χ1) is 21.0. The molecule has 3 aromatic carbocycles. The van der Waals surface area contributed by atoms with Crippen molar-refractivity contribution in [2.24, 2.45) is 17.8 Å². The Morgan fingerprint density at radius 2 is 1.52 bits per heavy atom. The molecule has 1 saturated heterocycles. The van der Waals surface area contributed by atoms with Gasteiger partial charge in [-0.05, 0) is 40.3 Å². The van der Waals surface area contributed by atoms with E-state index in [4.69, 9.17) is 23.2 Å². The molecule has 0 radical (unpaired) electrons. The van der Waals surface area contributed by atoms with Crippen LogP contribution >= 0.6 is 23.2 Å². The third-order valence-corrected chi connectivity index (χ3v) is 8.38. The summed E-state index contributed by atoms with van der Waals surface area (Å²) < 4.78 is 0. The van der Waals surface area contributed by atoms with Crippen LogP contribution < -0.4 is 16.0 Å². The van der Waals surface area contributed by atoms with Gasteiger partial charge in [0.05, 0.1) is 34.5 Å². The Labute approximate surface area is 266 Å². The summed E-state index contributed by atoms with van der Waals surface area (Å²) in [4.78, 5) is 63.9. The second kappa shape index (κ2) is 14.5. The molecule has 3 aromatic rings. The zero-order valence-corrected chi connectivity index (χ0v) is 26.0. The maximum atomic E-state index is 13.3. The van der Waals surface area contributed by atoms with Gasteiger partial charge in [0.1, 0.15) is 5.92 Å². The highest BCUT2D eigenvalue weighted by molar-refractivity contribution is 6.42. The largest absolute Gasteiger partial charge is 0.346 e. The van der Waals surface area contributed by atoms with Crippen LogP contribution in [0, 0.1) is 17.8 Å². The van der Waals surface area contributed by atoms with Crippen molar-refractivity contribution >= 4 is 58.7 Å². The Kier molecular flexibility index (Phi) is 10.7. The average molecular weight is 635 g/mol. The van der Waals surface area contributed by atoms with Crippen molar-refractivity contribution in [3.05, 3.63) is 100 Å². The molecule has 0 aliphatic carbocycles. The van der Waals surface area contributed by atoms with Crippen molar-refractivity contribution in [3.63, 3.8) is 0 Å². The van der Waals surface area contributed by atoms with Gasteiger partial charge in [0, 0.05) is 6.08 Å². The minimum atomic E-state index is -1.19. The summed E-state index contributed by atoms with van der Waals surface area (Å²) in [5.41, 5.74) is 3.35. The number of Topliss-reactive ketones (excluding diaryl/α,β-unsaturated/α-hetero) is 1. The summed E-state index contributed by atoms with van der Waals surface area (Å²) in [7, 11) is 0. The first kappa shape index (κ1) is 32.6. The SMILES string of the molecule is CC(C)[C@H](NC(=O)CC(NC(=O)/C=C/c1ccc(-c2ccccc2)cc1)c1cccc(Cl)c1Cl)C(=O)[C@@H]1C(=O)NC(=O)[C@H]1C. The molecule has 3 N–H and O–H groups in total. The van der Waals surface area contributed by atoms with Gasteiger partial charge in [-0.3, -0.25) is 29.3 Å². The van der Waals surface area contributed by atoms with E-state index in [1.807, 2.05) is 54.6 Å². The number of ketones is 1. The van der Waals surface area contributed by atoms with Crippen LogP contribution in [0.4, 0.5) is 0 Å². The second-order valence-corrected chi connectivity index (χ2v) is 11.8. The molecule has 1 heterocycles. The highest BCUT2D eigenvalue weighted by atomic mass is 35.5. The van der Waals surface area contributed by atoms with Crippen LogP contribution in [0.3, 0.4) is 0 Å². The lowest BCUT2D eigenvalue weighted by Gasteiger charge is -2.26. The molecular weight excluding hydrogens is 601 g/mol. The number of halogens is 2. The molecule has 228 valence electrons. The number of benzene rings is 3. The van der Waals surface area contributed by atoms with Crippen molar-refractivity contribution in [1.82, 2.24) is 16.0 Å². The predicted molar refractivity (Wildman–Crippen MR) is 170 cm³/mol. The van der Waals surface area contributed by atoms with Crippen molar-refractivity contribution in [2.45, 2.75) is 39.3 Å². The van der Waals surface area contributed by atoms with Crippen LogP contribution in [-0.2, 0) is 24.0 Å². The number of hydrogen-bond donors (Lipinski definition) is 3. The summed E-state index contributed by atoms with van der Waals surface area (Å²) in [5.74, 6) is -5.20. The maximum absolute atomic E-state index is 13.3. The van der Waals surface area contributed by atoms with Gasteiger partial charge in [0.2, 0.25) is 23.6 Å². The predicted octanol–water partition coefficient (Wildman–Crippen LogP) is 5.54. The van der Waals surface area contributed by atoms with E-state index in [-0.39, 0.29) is 22.4 Å². The van der Waals surface area contributed by atoms with Crippen LogP contribution in [0.1, 0.15) is 44.4 Å². The fourth-order valence-electron chi connectivity index (χ4n) is 5.08. The number of carbonyl (C=O) groups is 5. The van der Waals surface area contributed by atoms with Crippen LogP contribution in [0.25, 0.3) is 17.2 Å². The Morgan fingerprint density at radius 1 is 0.864 bits per heavy atom. The maximum Gasteiger partial charge on any atom is 0.244 e. The summed E-state index contributed by atoms with van der Waals surface area (Å²) in [6.45, 7) is 4.96. The van der Waals surface area contributed by atoms with Crippen LogP contribution in [0.5, 0.6) is 0 Å². The van der Waals surface area contributed by atoms with E-state index < -0.39 is 53.3 Å². The normalized spacial score (nSPS) is 17.8. The summed E-state index contributed by atoms with van der Waals surface area (Å²) >= 11 is 12.7. The van der Waals surface area contributed by atoms with Gasteiger partial charge in [-0.25, -0.2) is 0 Å². The first-order valence-corrected chi connectivity index (χ1v) is 15.0. The van der Waals surface area contributed by atoms with E-state index in [1.165, 1.54) is 13.0 Å². The monoisotopic (exact) mass is 633 g/mol. The molecular formula is C34H33Cl2N3O5. The number of carbonyl (C=O) groups excluding carboxylic acids is 5. The van der Waals surface area contributed by atoms with Gasteiger partial charge in [0.15, 0.2) is 5.78 Å². The topological polar surface area (TPSA) is 121 Å². The lowest BCUT2D eigenvalue weighted by atomic mass is 9.85. The molecule has 1 aliphatic heterocycles. The quantitative estimate of drug-likeness (QED) is 0.145. The third kappa shape index (κ3) is 7.81. The summed E-state index contributed by atoms with van der Waals surface area (Å²) in [6.07, 6.45) is 2.75. The van der Waals surface area contributed by atoms with Gasteiger partial charge >= 0.3 is 0 Å². The smallest absolute Gasteiger partial charge is 0.244 e. The Morgan fingerprint density at radius 3 is 2.14 bits per heavy atom. The fourth-order valence-corrected chi connectivity index (χ4v) is 5.52. The number of imide groups is 1. The summed E-state index contributed by atoms with van der Waals surface area (Å²) in [5, 5.41) is 8.13. The van der Waals surface area contributed by atoms with E-state index in [1.54, 1.807) is 38.1 Å². The molecule has 0 saturated carbocycles. The number of amides is 4. The standard InChI is InChI=1S/C34H33Cl2N3O5/c1-19(2)31(32(42)29-20(3)33(43)39-34(29)44)38-28(41)18-26(24-10-7-11-25(35)30(24)36)37-27(40)17-14-21-12-15-23(16-13-21)22-8-5-4-6-9-22/h4-17,19-20,26,29,31H,18H2,1-3H3,(H,37,40)(H,38,41)(H,39,43,44)/b17-14+/t20-,26?,29+,31-/m0/s1. The first-order valence-electron chi connectivity index (χ1n) is 14.2. The molecule has 44 heavy (non-hydrogen) atoms. The van der Waals surface area contributed by atoms with Crippen molar-refractivity contribution in [1.29, 1.82) is 0 Å². The molecule has 10 heteroatoms. The Bertz CT molecular complexity index is 1590. The zero-order valence-electron chi connectivity index (χ0n) is 24.5. The van der Waals surface area contributed by atoms with E-state index in [0.29, 0.717) is 5.56 Å². The van der Waals surface area contributed by atoms with Gasteiger partial charge in [-0.1, -0.05) is 111 Å². The number of nitrogens with one attached hydrogen (secondary N) is 3. The minimum Gasteiger partial charge on any atom is -0.346 e. The van der Waals surface area contributed by atoms with Crippen LogP contribution in [-0.4, -0.2) is 35.5 Å². The van der Waals surface area contributed by atoms with Gasteiger partial charge in [-0.2, -0.15) is 0 Å². The van der Waals surface area contributed by atoms with E-state index in [9.17, 15) is 24.0 Å². The number of rotatable bonds is 11. The fraction of sp³-hybridized carbons (Fsp3) is 0.265. The second-order valence-electron chi connectivity index (χ2n) is 11.0. The lowest BCUT2D eigenvalue weighted by molar-refractivity contribution is -0.137. The Hall–Kier alpha value is -4.27. The highest BCUT2D eigenvalue weighted by Crippen LogP contribution is 2.32. The van der Waals surface area contributed by atoms with Gasteiger partial charge < -0.3 is 10.6 Å². The lowest BCUT2D eigenvalue weighted by Crippen LogP contribution is -2.49. The van der Waals surface area contributed by atoms with Gasteiger partial charge in [0.25, 0.3) is 0 Å². The minimum absolute atomic E-state index is 0.180. The van der Waals surface area contributed by atoms with Crippen molar-refractivity contribution in [3.8, 4) is 11.1 Å². The van der Waals surface area contributed by atoms with Gasteiger partial charge in [-0.15, -0.1) is 0 Å². The Balaban J connectivity index is 1.49. The molecule has 1 aliphatic rings. The molecule has 4 amide bonds. The molecule has 4 atom stereocenters. The van der Waals surface area contributed by atoms with Crippen LogP contribution in [0.2, 0.25) is 10.0 Å². The van der Waals surface area contributed by atoms with Crippen molar-refractivity contribution in [2.75, 3.05) is 0 Å². The zero-order chi connectivity index (χ0) is 32.0. The summed E-state index contributed by atoms with van der Waals surface area (Å²) in [6, 6.07) is 20.6. The molecule has 0 spiro atoms. The molecule has 1 unspecified atom stereocenters. The average Bonchev–Trinajstić information content (AvgIpc) is 3.26. The molecule has 1 fully saturated rings. The molecule has 8 nitrogen and oxygen atoms in total. The molecule has 4 rings (SSSR count). The highest BCUT2D eigenvalue weighted by Gasteiger charge is 2.46. The molecule has 0 bridgehead atoms. The molecule has 0 aromatic heterocycles. The van der Waals surface area contributed by atoms with E-state index >= 15 is 0 Å².